The van der Waals surface area contributed by atoms with E-state index in [4.69, 9.17) is 9.15 Å². The Kier molecular flexibility index (Phi) is 8.66. The zero-order chi connectivity index (χ0) is 25.8. The minimum absolute atomic E-state index is 0.0234. The highest BCUT2D eigenvalue weighted by Crippen LogP contribution is 2.37. The van der Waals surface area contributed by atoms with Crippen LogP contribution in [-0.2, 0) is 9.53 Å². The molecule has 0 spiro atoms. The Bertz CT molecular complexity index is 1090. The lowest BCUT2D eigenvalue weighted by molar-refractivity contribution is -0.124. The van der Waals surface area contributed by atoms with Crippen LogP contribution in [0, 0.1) is 23.3 Å². The van der Waals surface area contributed by atoms with Crippen molar-refractivity contribution in [1.29, 1.82) is 0 Å². The fourth-order valence-electron chi connectivity index (χ4n) is 4.33. The molecule has 1 aromatic carbocycles. The Balaban J connectivity index is 1.98. The van der Waals surface area contributed by atoms with E-state index >= 15 is 0 Å². The number of amides is 1. The van der Waals surface area contributed by atoms with Gasteiger partial charge in [0.05, 0.1) is 6.61 Å². The van der Waals surface area contributed by atoms with Crippen molar-refractivity contribution in [3.63, 3.8) is 0 Å². The third kappa shape index (κ3) is 6.88. The van der Waals surface area contributed by atoms with E-state index in [-0.39, 0.29) is 35.9 Å². The van der Waals surface area contributed by atoms with Crippen molar-refractivity contribution in [2.45, 2.75) is 79.1 Å². The summed E-state index contributed by atoms with van der Waals surface area (Å²) >= 11 is 0. The van der Waals surface area contributed by atoms with Gasteiger partial charge in [-0.3, -0.25) is 9.69 Å². The van der Waals surface area contributed by atoms with Gasteiger partial charge in [0.15, 0.2) is 0 Å². The predicted octanol–water partition coefficient (Wildman–Crippen LogP) is 6.92. The van der Waals surface area contributed by atoms with E-state index in [0.717, 1.165) is 36.8 Å². The first kappa shape index (κ1) is 26.8. The number of hydrogen-bond donors (Lipinski definition) is 0. The fourth-order valence-corrected chi connectivity index (χ4v) is 4.85. The second kappa shape index (κ2) is 11.3. The number of carbonyl (C=O) groups excluding carboxylic acids is 2. The Labute approximate surface area is 211 Å². The highest BCUT2D eigenvalue weighted by Gasteiger charge is 2.35. The first-order valence-corrected chi connectivity index (χ1v) is 16.3. The van der Waals surface area contributed by atoms with Gasteiger partial charge in [0.25, 0.3) is 0 Å². The van der Waals surface area contributed by atoms with E-state index in [1.807, 2.05) is 38.1 Å². The number of esters is 1. The molecule has 0 radical (unpaired) electrons. The standard InChI is InChI=1S/C29H39NO4Si/c1-8-33-29(32)25-19-26(23-15-11-22(12-16-23)17-18-35(5,6)7)34-28(25)30(20(2)3)27(31)24-13-9-21(4)10-14-24/h11-12,15-16,19-21,24H,8-10,13-14H2,1-7H3/t21-,24-. The van der Waals surface area contributed by atoms with Crippen molar-refractivity contribution >= 4 is 25.8 Å². The number of carbonyl (C=O) groups is 2. The predicted molar refractivity (Wildman–Crippen MR) is 144 cm³/mol. The summed E-state index contributed by atoms with van der Waals surface area (Å²) in [5, 5.41) is 0. The summed E-state index contributed by atoms with van der Waals surface area (Å²) in [6, 6.07) is 9.34. The van der Waals surface area contributed by atoms with Crippen LogP contribution in [-0.4, -0.2) is 32.6 Å². The second-order valence-corrected chi connectivity index (χ2v) is 15.6. The number of furan rings is 1. The van der Waals surface area contributed by atoms with E-state index in [1.54, 1.807) is 17.9 Å². The van der Waals surface area contributed by atoms with Crippen molar-refractivity contribution in [2.75, 3.05) is 11.5 Å². The molecule has 1 aromatic heterocycles. The van der Waals surface area contributed by atoms with Gasteiger partial charge in [-0.2, -0.15) is 0 Å². The Morgan fingerprint density at radius 1 is 1.11 bits per heavy atom. The van der Waals surface area contributed by atoms with Gasteiger partial charge in [-0.25, -0.2) is 4.79 Å². The molecular formula is C29H39NO4Si. The van der Waals surface area contributed by atoms with Crippen molar-refractivity contribution < 1.29 is 18.7 Å². The number of ether oxygens (including phenoxy) is 1. The van der Waals surface area contributed by atoms with Crippen LogP contribution in [0.5, 0.6) is 0 Å². The molecule has 6 heteroatoms. The summed E-state index contributed by atoms with van der Waals surface area (Å²) in [6.07, 6.45) is 3.82. The molecule has 1 amide bonds. The maximum atomic E-state index is 13.6. The van der Waals surface area contributed by atoms with E-state index in [1.165, 1.54) is 0 Å². The molecule has 1 saturated carbocycles. The van der Waals surface area contributed by atoms with Gasteiger partial charge in [-0.05, 0) is 76.6 Å². The molecule has 0 saturated heterocycles. The van der Waals surface area contributed by atoms with Crippen LogP contribution in [0.25, 0.3) is 11.3 Å². The molecular weight excluding hydrogens is 454 g/mol. The van der Waals surface area contributed by atoms with Crippen molar-refractivity contribution in [2.24, 2.45) is 11.8 Å². The first-order valence-electron chi connectivity index (χ1n) is 12.8. The zero-order valence-electron chi connectivity index (χ0n) is 22.2. The van der Waals surface area contributed by atoms with Crippen LogP contribution < -0.4 is 4.90 Å². The quantitative estimate of drug-likeness (QED) is 0.249. The van der Waals surface area contributed by atoms with E-state index in [9.17, 15) is 9.59 Å². The summed E-state index contributed by atoms with van der Waals surface area (Å²) in [5.74, 6) is 4.20. The Hall–Kier alpha value is -2.78. The summed E-state index contributed by atoms with van der Waals surface area (Å²) in [5.41, 5.74) is 5.43. The minimum atomic E-state index is -1.46. The van der Waals surface area contributed by atoms with Crippen LogP contribution in [0.4, 0.5) is 5.88 Å². The molecule has 1 aliphatic carbocycles. The minimum Gasteiger partial charge on any atom is -0.462 e. The van der Waals surface area contributed by atoms with E-state index < -0.39 is 14.0 Å². The van der Waals surface area contributed by atoms with Crippen LogP contribution in [0.1, 0.15) is 69.3 Å². The smallest absolute Gasteiger partial charge is 0.343 e. The molecule has 188 valence electrons. The molecule has 0 N–H and O–H groups in total. The number of hydrogen-bond acceptors (Lipinski definition) is 4. The highest BCUT2D eigenvalue weighted by molar-refractivity contribution is 6.83. The zero-order valence-corrected chi connectivity index (χ0v) is 23.2. The lowest BCUT2D eigenvalue weighted by Gasteiger charge is -2.32. The molecule has 0 atom stereocenters. The maximum Gasteiger partial charge on any atom is 0.343 e. The number of nitrogens with zero attached hydrogens (tertiary/aromatic N) is 1. The molecule has 1 aliphatic rings. The Morgan fingerprint density at radius 2 is 1.74 bits per heavy atom. The summed E-state index contributed by atoms with van der Waals surface area (Å²) in [4.78, 5) is 28.2. The molecule has 0 unspecified atom stereocenters. The molecule has 5 nitrogen and oxygen atoms in total. The lowest BCUT2D eigenvalue weighted by atomic mass is 9.82. The van der Waals surface area contributed by atoms with Gasteiger partial charge in [-0.15, -0.1) is 5.54 Å². The monoisotopic (exact) mass is 493 g/mol. The Morgan fingerprint density at radius 3 is 2.29 bits per heavy atom. The average Bonchev–Trinajstić information content (AvgIpc) is 3.23. The number of rotatable bonds is 6. The first-order chi connectivity index (χ1) is 16.5. The molecule has 0 aliphatic heterocycles. The summed E-state index contributed by atoms with van der Waals surface area (Å²) < 4.78 is 11.6. The molecule has 3 rings (SSSR count). The molecule has 1 fully saturated rings. The van der Waals surface area contributed by atoms with Gasteiger partial charge in [0.1, 0.15) is 19.4 Å². The summed E-state index contributed by atoms with van der Waals surface area (Å²) in [7, 11) is -1.46. The highest BCUT2D eigenvalue weighted by atomic mass is 28.3. The fraction of sp³-hybridized carbons (Fsp3) is 0.517. The van der Waals surface area contributed by atoms with Crippen LogP contribution >= 0.6 is 0 Å². The third-order valence-corrected chi connectivity index (χ3v) is 7.17. The number of benzene rings is 1. The topological polar surface area (TPSA) is 59.8 Å². The SMILES string of the molecule is CCOC(=O)c1cc(-c2ccc(C#C[Si](C)(C)C)cc2)oc1N(C(=O)[C@H]1CC[C@H](C)CC1)C(C)C. The van der Waals surface area contributed by atoms with Gasteiger partial charge in [0.2, 0.25) is 11.8 Å². The van der Waals surface area contributed by atoms with Crippen LogP contribution in [0.2, 0.25) is 19.6 Å². The third-order valence-electron chi connectivity index (χ3n) is 6.30. The van der Waals surface area contributed by atoms with Crippen molar-refractivity contribution in [1.82, 2.24) is 0 Å². The van der Waals surface area contributed by atoms with Crippen molar-refractivity contribution in [3.05, 3.63) is 41.5 Å². The maximum absolute atomic E-state index is 13.6. The second-order valence-electron chi connectivity index (χ2n) is 10.9. The molecule has 35 heavy (non-hydrogen) atoms. The summed E-state index contributed by atoms with van der Waals surface area (Å²) in [6.45, 7) is 14.8. The molecule has 1 heterocycles. The van der Waals surface area contributed by atoms with E-state index in [2.05, 4.69) is 38.0 Å². The lowest BCUT2D eigenvalue weighted by Crippen LogP contribution is -2.42. The largest absolute Gasteiger partial charge is 0.462 e. The van der Waals surface area contributed by atoms with Crippen LogP contribution in [0.3, 0.4) is 0 Å². The normalized spacial score (nSPS) is 18.1. The van der Waals surface area contributed by atoms with Crippen molar-refractivity contribution in [3.8, 4) is 22.8 Å². The molecule has 0 bridgehead atoms. The van der Waals surface area contributed by atoms with Gasteiger partial charge >= 0.3 is 5.97 Å². The number of anilines is 1. The van der Waals surface area contributed by atoms with Crippen LogP contribution in [0.15, 0.2) is 34.7 Å². The average molecular weight is 494 g/mol. The van der Waals surface area contributed by atoms with Gasteiger partial charge in [0, 0.05) is 29.2 Å². The van der Waals surface area contributed by atoms with Gasteiger partial charge < -0.3 is 9.15 Å². The van der Waals surface area contributed by atoms with Gasteiger partial charge in [-0.1, -0.05) is 32.5 Å². The van der Waals surface area contributed by atoms with E-state index in [0.29, 0.717) is 11.7 Å². The molecule has 2 aromatic rings.